The van der Waals surface area contributed by atoms with Crippen LogP contribution in [0.5, 0.6) is 0 Å². The molecule has 0 unspecified atom stereocenters. The van der Waals surface area contributed by atoms with Gasteiger partial charge in [0.1, 0.15) is 21.9 Å². The van der Waals surface area contributed by atoms with Crippen molar-refractivity contribution in [2.24, 2.45) is 0 Å². The standard InChI is InChI=1S/C16H17N3O2S2/c1-10-11(2)23-16-14(10)15(17-9-18-16)22-8-13(20)19(3)7-12-5-4-6-21-12/h4-6,9H,7-8H2,1-3H3. The van der Waals surface area contributed by atoms with Crippen molar-refractivity contribution in [2.75, 3.05) is 12.8 Å². The first-order valence-electron chi connectivity index (χ1n) is 7.16. The highest BCUT2D eigenvalue weighted by Crippen LogP contribution is 2.34. The molecule has 0 atom stereocenters. The predicted octanol–water partition coefficient (Wildman–Crippen LogP) is 3.65. The van der Waals surface area contributed by atoms with E-state index in [-0.39, 0.29) is 5.91 Å². The van der Waals surface area contributed by atoms with Gasteiger partial charge in [-0.3, -0.25) is 4.79 Å². The Morgan fingerprint density at radius 1 is 1.39 bits per heavy atom. The van der Waals surface area contributed by atoms with E-state index in [1.807, 2.05) is 12.1 Å². The number of furan rings is 1. The molecule has 0 aromatic carbocycles. The summed E-state index contributed by atoms with van der Waals surface area (Å²) in [5, 5.41) is 1.94. The number of aryl methyl sites for hydroxylation is 2. The van der Waals surface area contributed by atoms with Crippen LogP contribution in [0.4, 0.5) is 0 Å². The van der Waals surface area contributed by atoms with Gasteiger partial charge in [0, 0.05) is 17.3 Å². The number of hydrogen-bond acceptors (Lipinski definition) is 6. The van der Waals surface area contributed by atoms with E-state index in [9.17, 15) is 4.79 Å². The highest BCUT2D eigenvalue weighted by atomic mass is 32.2. The molecule has 3 aromatic heterocycles. The fraction of sp³-hybridized carbons (Fsp3) is 0.312. The summed E-state index contributed by atoms with van der Waals surface area (Å²) in [7, 11) is 1.78. The number of aromatic nitrogens is 2. The maximum atomic E-state index is 12.3. The van der Waals surface area contributed by atoms with Gasteiger partial charge in [-0.05, 0) is 31.5 Å². The molecule has 0 fully saturated rings. The Kier molecular flexibility index (Phi) is 4.68. The van der Waals surface area contributed by atoms with Gasteiger partial charge >= 0.3 is 0 Å². The lowest BCUT2D eigenvalue weighted by Gasteiger charge is -2.15. The van der Waals surface area contributed by atoms with Crippen LogP contribution in [0.25, 0.3) is 10.2 Å². The molecule has 23 heavy (non-hydrogen) atoms. The van der Waals surface area contributed by atoms with Crippen LogP contribution in [-0.4, -0.2) is 33.6 Å². The average molecular weight is 347 g/mol. The molecule has 120 valence electrons. The van der Waals surface area contributed by atoms with Crippen molar-refractivity contribution in [1.82, 2.24) is 14.9 Å². The minimum Gasteiger partial charge on any atom is -0.467 e. The van der Waals surface area contributed by atoms with Crippen molar-refractivity contribution in [1.29, 1.82) is 0 Å². The van der Waals surface area contributed by atoms with Crippen LogP contribution in [0.2, 0.25) is 0 Å². The normalized spacial score (nSPS) is 11.1. The molecule has 0 aliphatic rings. The van der Waals surface area contributed by atoms with Gasteiger partial charge in [-0.15, -0.1) is 11.3 Å². The maximum absolute atomic E-state index is 12.3. The quantitative estimate of drug-likeness (QED) is 0.521. The summed E-state index contributed by atoms with van der Waals surface area (Å²) in [4.78, 5) is 24.9. The van der Waals surface area contributed by atoms with E-state index in [1.54, 1.807) is 35.9 Å². The van der Waals surface area contributed by atoms with E-state index in [0.29, 0.717) is 12.3 Å². The number of nitrogens with zero attached hydrogens (tertiary/aromatic N) is 3. The van der Waals surface area contributed by atoms with Crippen molar-refractivity contribution < 1.29 is 9.21 Å². The van der Waals surface area contributed by atoms with Crippen LogP contribution in [0.15, 0.2) is 34.2 Å². The summed E-state index contributed by atoms with van der Waals surface area (Å²) in [5.74, 6) is 1.17. The van der Waals surface area contributed by atoms with Gasteiger partial charge in [0.2, 0.25) is 5.91 Å². The summed E-state index contributed by atoms with van der Waals surface area (Å²) >= 11 is 3.12. The van der Waals surface area contributed by atoms with Crippen molar-refractivity contribution in [3.63, 3.8) is 0 Å². The third-order valence-electron chi connectivity index (χ3n) is 3.66. The van der Waals surface area contributed by atoms with Gasteiger partial charge in [-0.25, -0.2) is 9.97 Å². The summed E-state index contributed by atoms with van der Waals surface area (Å²) in [6.07, 6.45) is 3.18. The number of thioether (sulfide) groups is 1. The zero-order valence-corrected chi connectivity index (χ0v) is 14.8. The smallest absolute Gasteiger partial charge is 0.233 e. The summed E-state index contributed by atoms with van der Waals surface area (Å²) < 4.78 is 5.27. The molecule has 0 N–H and O–H groups in total. The molecule has 1 amide bonds. The first kappa shape index (κ1) is 16.0. The number of rotatable bonds is 5. The number of hydrogen-bond donors (Lipinski definition) is 0. The molecular weight excluding hydrogens is 330 g/mol. The molecule has 0 aliphatic carbocycles. The van der Waals surface area contributed by atoms with Crippen LogP contribution in [-0.2, 0) is 11.3 Å². The molecule has 0 bridgehead atoms. The average Bonchev–Trinajstić information content (AvgIpc) is 3.14. The SMILES string of the molecule is Cc1sc2ncnc(SCC(=O)N(C)Cc3ccco3)c2c1C. The molecule has 0 spiro atoms. The Hall–Kier alpha value is -1.86. The molecule has 0 radical (unpaired) electrons. The van der Waals surface area contributed by atoms with Gasteiger partial charge in [0.25, 0.3) is 0 Å². The largest absolute Gasteiger partial charge is 0.467 e. The Balaban J connectivity index is 1.69. The number of amides is 1. The second-order valence-electron chi connectivity index (χ2n) is 5.26. The number of thiophene rings is 1. The van der Waals surface area contributed by atoms with Gasteiger partial charge in [-0.2, -0.15) is 0 Å². The molecule has 3 aromatic rings. The predicted molar refractivity (Wildman–Crippen MR) is 92.8 cm³/mol. The molecule has 0 saturated heterocycles. The first-order valence-corrected chi connectivity index (χ1v) is 8.96. The van der Waals surface area contributed by atoms with E-state index in [1.165, 1.54) is 22.2 Å². The number of carbonyl (C=O) groups is 1. The minimum atomic E-state index is 0.0442. The fourth-order valence-electron chi connectivity index (χ4n) is 2.22. The lowest BCUT2D eigenvalue weighted by molar-refractivity contribution is -0.127. The maximum Gasteiger partial charge on any atom is 0.233 e. The van der Waals surface area contributed by atoms with Crippen LogP contribution >= 0.6 is 23.1 Å². The number of carbonyl (C=O) groups excluding carboxylic acids is 1. The Morgan fingerprint density at radius 3 is 2.96 bits per heavy atom. The van der Waals surface area contributed by atoms with Gasteiger partial charge in [-0.1, -0.05) is 11.8 Å². The Morgan fingerprint density at radius 2 is 2.22 bits per heavy atom. The summed E-state index contributed by atoms with van der Waals surface area (Å²) in [6.45, 7) is 4.63. The molecule has 5 nitrogen and oxygen atoms in total. The van der Waals surface area contributed by atoms with Crippen LogP contribution < -0.4 is 0 Å². The zero-order chi connectivity index (χ0) is 16.4. The van der Waals surface area contributed by atoms with E-state index in [2.05, 4.69) is 23.8 Å². The molecule has 0 saturated carbocycles. The third-order valence-corrected chi connectivity index (χ3v) is 5.75. The summed E-state index contributed by atoms with van der Waals surface area (Å²) in [6, 6.07) is 3.68. The van der Waals surface area contributed by atoms with E-state index >= 15 is 0 Å². The lowest BCUT2D eigenvalue weighted by Crippen LogP contribution is -2.27. The van der Waals surface area contributed by atoms with E-state index in [4.69, 9.17) is 4.42 Å². The molecular formula is C16H17N3O2S2. The van der Waals surface area contributed by atoms with Gasteiger partial charge < -0.3 is 9.32 Å². The lowest BCUT2D eigenvalue weighted by atomic mass is 10.2. The van der Waals surface area contributed by atoms with E-state index in [0.717, 1.165) is 21.0 Å². The van der Waals surface area contributed by atoms with Crippen molar-refractivity contribution in [2.45, 2.75) is 25.4 Å². The Labute approximate surface area is 142 Å². The molecule has 3 heterocycles. The van der Waals surface area contributed by atoms with E-state index < -0.39 is 0 Å². The topological polar surface area (TPSA) is 59.2 Å². The Bertz CT molecular complexity index is 827. The van der Waals surface area contributed by atoms with Crippen molar-refractivity contribution in [3.05, 3.63) is 40.9 Å². The zero-order valence-electron chi connectivity index (χ0n) is 13.2. The van der Waals surface area contributed by atoms with Gasteiger partial charge in [0.15, 0.2) is 0 Å². The van der Waals surface area contributed by atoms with Crippen molar-refractivity contribution in [3.8, 4) is 0 Å². The second kappa shape index (κ2) is 6.72. The summed E-state index contributed by atoms with van der Waals surface area (Å²) in [5.41, 5.74) is 1.20. The molecule has 0 aliphatic heterocycles. The highest BCUT2D eigenvalue weighted by molar-refractivity contribution is 8.00. The van der Waals surface area contributed by atoms with Crippen molar-refractivity contribution >= 4 is 39.2 Å². The minimum absolute atomic E-state index is 0.0442. The fourth-order valence-corrected chi connectivity index (χ4v) is 4.28. The van der Waals surface area contributed by atoms with Crippen LogP contribution in [0, 0.1) is 13.8 Å². The second-order valence-corrected chi connectivity index (χ2v) is 7.43. The van der Waals surface area contributed by atoms with Crippen LogP contribution in [0.1, 0.15) is 16.2 Å². The highest BCUT2D eigenvalue weighted by Gasteiger charge is 2.16. The number of fused-ring (bicyclic) bond motifs is 1. The molecule has 7 heteroatoms. The van der Waals surface area contributed by atoms with Crippen LogP contribution in [0.3, 0.4) is 0 Å². The first-order chi connectivity index (χ1) is 11.1. The molecule has 3 rings (SSSR count). The van der Waals surface area contributed by atoms with Gasteiger partial charge in [0.05, 0.1) is 18.6 Å². The third kappa shape index (κ3) is 3.40. The monoisotopic (exact) mass is 347 g/mol.